The zero-order valence-corrected chi connectivity index (χ0v) is 9.53. The van der Waals surface area contributed by atoms with Crippen LogP contribution < -0.4 is 4.74 Å². The second kappa shape index (κ2) is 4.29. The Kier molecular flexibility index (Phi) is 3.07. The number of ether oxygens (including phenoxy) is 1. The Labute approximate surface area is 101 Å². The van der Waals surface area contributed by atoms with E-state index in [4.69, 9.17) is 4.74 Å². The molecule has 0 aliphatic carbocycles. The first-order chi connectivity index (χ1) is 8.29. The molecule has 0 fully saturated rings. The van der Waals surface area contributed by atoms with Crippen molar-refractivity contribution in [1.29, 1.82) is 0 Å². The summed E-state index contributed by atoms with van der Waals surface area (Å²) in [6.07, 6.45) is 0.896. The molecule has 1 heterocycles. The van der Waals surface area contributed by atoms with Crippen LogP contribution in [0, 0.1) is 0 Å². The molecular weight excluding hydrogens is 273 g/mol. The van der Waals surface area contributed by atoms with E-state index in [0.717, 1.165) is 6.08 Å². The molecule has 0 spiro atoms. The van der Waals surface area contributed by atoms with Crippen LogP contribution in [-0.2, 0) is 14.3 Å². The van der Waals surface area contributed by atoms with E-state index >= 15 is 0 Å². The average Bonchev–Trinajstić information content (AvgIpc) is 2.27. The van der Waals surface area contributed by atoms with Crippen LogP contribution in [0.2, 0.25) is 0 Å². The van der Waals surface area contributed by atoms with Crippen LogP contribution in [0.1, 0.15) is 5.56 Å². The van der Waals surface area contributed by atoms with Crippen molar-refractivity contribution >= 4 is 16.2 Å². The van der Waals surface area contributed by atoms with Crippen molar-refractivity contribution in [3.05, 3.63) is 35.9 Å². The highest BCUT2D eigenvalue weighted by molar-refractivity contribution is 7.87. The largest absolute Gasteiger partial charge is 0.523 e. The minimum Gasteiger partial charge on any atom is -0.459 e. The van der Waals surface area contributed by atoms with Gasteiger partial charge in [-0.25, -0.2) is 4.18 Å². The molecule has 1 unspecified atom stereocenters. The third-order valence-corrected chi connectivity index (χ3v) is 3.11. The smallest absolute Gasteiger partial charge is 0.459 e. The highest BCUT2D eigenvalue weighted by Gasteiger charge is 2.49. The van der Waals surface area contributed by atoms with E-state index in [1.54, 1.807) is 18.2 Å². The van der Waals surface area contributed by atoms with Crippen LogP contribution in [0.25, 0.3) is 6.08 Å². The maximum Gasteiger partial charge on any atom is 0.523 e. The van der Waals surface area contributed by atoms with Gasteiger partial charge in [-0.2, -0.15) is 21.6 Å². The summed E-state index contributed by atoms with van der Waals surface area (Å²) in [5.74, 6) is 0.252. The Hall–Kier alpha value is -1.54. The first-order valence-electron chi connectivity index (χ1n) is 4.73. The molecule has 0 amide bonds. The van der Waals surface area contributed by atoms with Gasteiger partial charge in [-0.3, -0.25) is 0 Å². The molecule has 0 N–H and O–H groups in total. The van der Waals surface area contributed by atoms with Gasteiger partial charge in [0.2, 0.25) is 6.29 Å². The molecule has 1 aliphatic heterocycles. The summed E-state index contributed by atoms with van der Waals surface area (Å²) in [5.41, 5.74) is -4.84. The van der Waals surface area contributed by atoms with Gasteiger partial charge in [-0.1, -0.05) is 18.2 Å². The fraction of sp³-hybridized carbons (Fsp3) is 0.200. The number of benzene rings is 1. The lowest BCUT2D eigenvalue weighted by Crippen LogP contribution is -2.32. The molecule has 2 rings (SSSR count). The van der Waals surface area contributed by atoms with Crippen molar-refractivity contribution in [2.24, 2.45) is 0 Å². The van der Waals surface area contributed by atoms with Crippen LogP contribution in [0.15, 0.2) is 30.3 Å². The van der Waals surface area contributed by atoms with Gasteiger partial charge in [0.25, 0.3) is 0 Å². The van der Waals surface area contributed by atoms with Crippen LogP contribution in [0.4, 0.5) is 13.2 Å². The summed E-state index contributed by atoms with van der Waals surface area (Å²) in [4.78, 5) is 0. The molecule has 0 aromatic heterocycles. The summed E-state index contributed by atoms with van der Waals surface area (Å²) in [6.45, 7) is 0. The average molecular weight is 280 g/mol. The van der Waals surface area contributed by atoms with Crippen LogP contribution in [-0.4, -0.2) is 20.2 Å². The predicted molar refractivity (Wildman–Crippen MR) is 56.0 cm³/mol. The number of rotatable bonds is 2. The maximum absolute atomic E-state index is 12.1. The Morgan fingerprint density at radius 3 is 2.56 bits per heavy atom. The molecule has 0 radical (unpaired) electrons. The number of halogens is 3. The molecule has 98 valence electrons. The minimum atomic E-state index is -5.68. The zero-order valence-electron chi connectivity index (χ0n) is 8.72. The SMILES string of the molecule is O=S(=O)(OC1C=Cc2ccccc2O1)C(F)(F)F. The second-order valence-corrected chi connectivity index (χ2v) is 4.94. The Balaban J connectivity index is 2.17. The van der Waals surface area contributed by atoms with Gasteiger partial charge in [0.1, 0.15) is 5.75 Å². The standard InChI is InChI=1S/C10H7F3O4S/c11-10(12,13)18(14,15)17-9-6-5-7-3-1-2-4-8(7)16-9/h1-6,9H. The highest BCUT2D eigenvalue weighted by Crippen LogP contribution is 2.30. The quantitative estimate of drug-likeness (QED) is 0.616. The third-order valence-electron chi connectivity index (χ3n) is 2.10. The van der Waals surface area contributed by atoms with Crippen LogP contribution >= 0.6 is 0 Å². The molecule has 0 saturated carbocycles. The molecule has 1 aromatic carbocycles. The summed E-state index contributed by atoms with van der Waals surface area (Å²) >= 11 is 0. The Morgan fingerprint density at radius 1 is 1.22 bits per heavy atom. The lowest BCUT2D eigenvalue weighted by atomic mass is 10.1. The number of alkyl halides is 3. The minimum absolute atomic E-state index is 0.252. The predicted octanol–water partition coefficient (Wildman–Crippen LogP) is 2.28. The Morgan fingerprint density at radius 2 is 1.89 bits per heavy atom. The zero-order chi connectivity index (χ0) is 13.4. The van der Waals surface area contributed by atoms with Crippen LogP contribution in [0.5, 0.6) is 5.75 Å². The Bertz CT molecular complexity index is 577. The van der Waals surface area contributed by atoms with Crippen molar-refractivity contribution in [2.75, 3.05) is 0 Å². The van der Waals surface area contributed by atoms with Crippen molar-refractivity contribution in [3.8, 4) is 5.75 Å². The van der Waals surface area contributed by atoms with Crippen molar-refractivity contribution in [1.82, 2.24) is 0 Å². The molecule has 0 saturated heterocycles. The van der Waals surface area contributed by atoms with E-state index < -0.39 is 21.9 Å². The molecule has 18 heavy (non-hydrogen) atoms. The third kappa shape index (κ3) is 2.49. The van der Waals surface area contributed by atoms with Gasteiger partial charge in [0, 0.05) is 5.56 Å². The second-order valence-electron chi connectivity index (χ2n) is 3.38. The molecule has 1 aromatic rings. The van der Waals surface area contributed by atoms with Crippen LogP contribution in [0.3, 0.4) is 0 Å². The van der Waals surface area contributed by atoms with Crippen molar-refractivity contribution in [3.63, 3.8) is 0 Å². The van der Waals surface area contributed by atoms with Gasteiger partial charge >= 0.3 is 15.6 Å². The number of fused-ring (bicyclic) bond motifs is 1. The van der Waals surface area contributed by atoms with Crippen molar-refractivity contribution in [2.45, 2.75) is 11.8 Å². The topological polar surface area (TPSA) is 52.6 Å². The lowest BCUT2D eigenvalue weighted by Gasteiger charge is -2.21. The number of hydrogen-bond donors (Lipinski definition) is 0. The highest BCUT2D eigenvalue weighted by atomic mass is 32.2. The normalized spacial score (nSPS) is 19.2. The van der Waals surface area contributed by atoms with E-state index in [-0.39, 0.29) is 5.75 Å². The first kappa shape index (κ1) is 12.9. The van der Waals surface area contributed by atoms with E-state index in [1.165, 1.54) is 12.1 Å². The van der Waals surface area contributed by atoms with E-state index in [9.17, 15) is 21.6 Å². The van der Waals surface area contributed by atoms with Gasteiger partial charge in [-0.15, -0.1) is 0 Å². The first-order valence-corrected chi connectivity index (χ1v) is 6.14. The summed E-state index contributed by atoms with van der Waals surface area (Å²) in [5, 5.41) is 0. The molecular formula is C10H7F3O4S. The summed E-state index contributed by atoms with van der Waals surface area (Å²) in [6, 6.07) is 6.48. The number of hydrogen-bond acceptors (Lipinski definition) is 4. The maximum atomic E-state index is 12.1. The fourth-order valence-corrected chi connectivity index (χ4v) is 1.77. The summed E-state index contributed by atoms with van der Waals surface area (Å²) < 4.78 is 66.7. The van der Waals surface area contributed by atoms with E-state index in [0.29, 0.717) is 5.56 Å². The molecule has 1 atom stereocenters. The van der Waals surface area contributed by atoms with Crippen molar-refractivity contribution < 1.29 is 30.5 Å². The fourth-order valence-electron chi connectivity index (χ4n) is 1.30. The molecule has 8 heteroatoms. The van der Waals surface area contributed by atoms with Gasteiger partial charge < -0.3 is 4.74 Å². The van der Waals surface area contributed by atoms with Gasteiger partial charge in [0.15, 0.2) is 0 Å². The van der Waals surface area contributed by atoms with E-state index in [2.05, 4.69) is 4.18 Å². The van der Waals surface area contributed by atoms with Gasteiger partial charge in [-0.05, 0) is 18.2 Å². The monoisotopic (exact) mass is 280 g/mol. The molecule has 1 aliphatic rings. The molecule has 0 bridgehead atoms. The van der Waals surface area contributed by atoms with Gasteiger partial charge in [0.05, 0.1) is 0 Å². The summed E-state index contributed by atoms with van der Waals surface area (Å²) in [7, 11) is -5.68. The lowest BCUT2D eigenvalue weighted by molar-refractivity contribution is -0.0656. The van der Waals surface area contributed by atoms with E-state index in [1.807, 2.05) is 0 Å². The number of para-hydroxylation sites is 1. The molecule has 4 nitrogen and oxygen atoms in total.